The van der Waals surface area contributed by atoms with E-state index < -0.39 is 0 Å². The highest BCUT2D eigenvalue weighted by Gasteiger charge is 2.19. The number of carbonyl (C=O) groups excluding carboxylic acids is 2. The molecule has 4 heteroatoms. The summed E-state index contributed by atoms with van der Waals surface area (Å²) in [6, 6.07) is 6.97. The highest BCUT2D eigenvalue weighted by atomic mass is 16.3. The van der Waals surface area contributed by atoms with E-state index in [1.807, 2.05) is 13.8 Å². The Morgan fingerprint density at radius 2 is 1.65 bits per heavy atom. The largest absolute Gasteiger partial charge is 0.396 e. The van der Waals surface area contributed by atoms with Gasteiger partial charge in [0.2, 0.25) is 0 Å². The Labute approximate surface area is 120 Å². The van der Waals surface area contributed by atoms with Crippen molar-refractivity contribution in [3.8, 4) is 0 Å². The first kappa shape index (κ1) is 16.4. The standard InChI is InChI=1S/C16H23NO3/c1-3-17(4-2)16(20)14-10-6-5-9-13(14)15(19)11-7-8-12-18/h5-6,9-10,18H,3-4,7-8,11-12H2,1-2H3. The van der Waals surface area contributed by atoms with Crippen LogP contribution in [0.4, 0.5) is 0 Å². The van der Waals surface area contributed by atoms with Crippen molar-refractivity contribution in [3.05, 3.63) is 35.4 Å². The van der Waals surface area contributed by atoms with Crippen molar-refractivity contribution in [2.75, 3.05) is 19.7 Å². The van der Waals surface area contributed by atoms with Crippen LogP contribution in [0.1, 0.15) is 53.8 Å². The smallest absolute Gasteiger partial charge is 0.254 e. The number of nitrogens with zero attached hydrogens (tertiary/aromatic N) is 1. The third-order valence-corrected chi connectivity index (χ3v) is 3.32. The van der Waals surface area contributed by atoms with Gasteiger partial charge in [0.25, 0.3) is 5.91 Å². The monoisotopic (exact) mass is 277 g/mol. The van der Waals surface area contributed by atoms with E-state index in [-0.39, 0.29) is 18.3 Å². The van der Waals surface area contributed by atoms with Crippen LogP contribution in [0, 0.1) is 0 Å². The highest BCUT2D eigenvalue weighted by molar-refractivity contribution is 6.08. The Hall–Kier alpha value is -1.68. The van der Waals surface area contributed by atoms with E-state index in [1.54, 1.807) is 29.2 Å². The molecular formula is C16H23NO3. The van der Waals surface area contributed by atoms with E-state index in [2.05, 4.69) is 0 Å². The zero-order chi connectivity index (χ0) is 15.0. The summed E-state index contributed by atoms with van der Waals surface area (Å²) in [7, 11) is 0. The van der Waals surface area contributed by atoms with Gasteiger partial charge in [0.15, 0.2) is 5.78 Å². The molecule has 0 aliphatic carbocycles. The first-order chi connectivity index (χ1) is 9.65. The lowest BCUT2D eigenvalue weighted by Gasteiger charge is -2.20. The minimum atomic E-state index is -0.0962. The minimum absolute atomic E-state index is 0.0328. The second-order valence-electron chi connectivity index (χ2n) is 4.63. The van der Waals surface area contributed by atoms with Crippen LogP contribution >= 0.6 is 0 Å². The van der Waals surface area contributed by atoms with Crippen LogP contribution in [-0.2, 0) is 0 Å². The second kappa shape index (κ2) is 8.48. The SMILES string of the molecule is CCN(CC)C(=O)c1ccccc1C(=O)CCCCO. The Morgan fingerprint density at radius 1 is 1.05 bits per heavy atom. The molecule has 0 heterocycles. The molecule has 0 saturated carbocycles. The summed E-state index contributed by atoms with van der Waals surface area (Å²) in [4.78, 5) is 26.3. The summed E-state index contributed by atoms with van der Waals surface area (Å²) in [5, 5.41) is 8.76. The van der Waals surface area contributed by atoms with Gasteiger partial charge in [-0.3, -0.25) is 9.59 Å². The van der Waals surface area contributed by atoms with Gasteiger partial charge in [-0.05, 0) is 32.8 Å². The van der Waals surface area contributed by atoms with Gasteiger partial charge in [0.1, 0.15) is 0 Å². The van der Waals surface area contributed by atoms with Crippen LogP contribution in [0.25, 0.3) is 0 Å². The van der Waals surface area contributed by atoms with Crippen LogP contribution in [0.2, 0.25) is 0 Å². The zero-order valence-electron chi connectivity index (χ0n) is 12.3. The molecule has 0 aliphatic rings. The van der Waals surface area contributed by atoms with Crippen molar-refractivity contribution in [2.24, 2.45) is 0 Å². The molecule has 1 N–H and O–H groups in total. The molecule has 1 amide bonds. The maximum atomic E-state index is 12.4. The average molecular weight is 277 g/mol. The number of hydrogen-bond donors (Lipinski definition) is 1. The average Bonchev–Trinajstić information content (AvgIpc) is 2.48. The minimum Gasteiger partial charge on any atom is -0.396 e. The molecule has 4 nitrogen and oxygen atoms in total. The summed E-state index contributed by atoms with van der Waals surface area (Å²) in [5.41, 5.74) is 0.965. The van der Waals surface area contributed by atoms with Gasteiger partial charge in [0, 0.05) is 31.7 Å². The third kappa shape index (κ3) is 4.17. The van der Waals surface area contributed by atoms with Crippen molar-refractivity contribution < 1.29 is 14.7 Å². The topological polar surface area (TPSA) is 57.6 Å². The molecule has 0 saturated heterocycles. The predicted octanol–water partition coefficient (Wildman–Crippen LogP) is 2.51. The first-order valence-corrected chi connectivity index (χ1v) is 7.18. The lowest BCUT2D eigenvalue weighted by molar-refractivity contribution is 0.0766. The van der Waals surface area contributed by atoms with E-state index in [0.717, 1.165) is 0 Å². The molecule has 0 radical (unpaired) electrons. The Morgan fingerprint density at radius 3 is 2.20 bits per heavy atom. The molecule has 0 unspecified atom stereocenters. The maximum Gasteiger partial charge on any atom is 0.254 e. The normalized spacial score (nSPS) is 10.3. The first-order valence-electron chi connectivity index (χ1n) is 7.18. The molecule has 0 aromatic heterocycles. The maximum absolute atomic E-state index is 12.4. The molecule has 0 spiro atoms. The molecule has 1 aromatic carbocycles. The van der Waals surface area contributed by atoms with Gasteiger partial charge in [-0.2, -0.15) is 0 Å². The Kier molecular flexibility index (Phi) is 6.94. The molecule has 1 aromatic rings. The Bertz CT molecular complexity index is 453. The number of aliphatic hydroxyl groups excluding tert-OH is 1. The van der Waals surface area contributed by atoms with Gasteiger partial charge in [0.05, 0.1) is 5.56 Å². The summed E-state index contributed by atoms with van der Waals surface area (Å²) >= 11 is 0. The lowest BCUT2D eigenvalue weighted by atomic mass is 9.99. The van der Waals surface area contributed by atoms with Crippen LogP contribution in [-0.4, -0.2) is 41.4 Å². The van der Waals surface area contributed by atoms with Gasteiger partial charge in [-0.15, -0.1) is 0 Å². The number of hydrogen-bond acceptors (Lipinski definition) is 3. The summed E-state index contributed by atoms with van der Waals surface area (Å²) in [5.74, 6) is -0.129. The summed E-state index contributed by atoms with van der Waals surface area (Å²) in [6.07, 6.45) is 1.62. The number of aliphatic hydroxyl groups is 1. The van der Waals surface area contributed by atoms with Crippen LogP contribution < -0.4 is 0 Å². The molecular weight excluding hydrogens is 254 g/mol. The second-order valence-corrected chi connectivity index (χ2v) is 4.63. The van der Waals surface area contributed by atoms with Crippen molar-refractivity contribution >= 4 is 11.7 Å². The van der Waals surface area contributed by atoms with E-state index >= 15 is 0 Å². The van der Waals surface area contributed by atoms with Crippen LogP contribution in [0.15, 0.2) is 24.3 Å². The molecule has 0 atom stereocenters. The Balaban J connectivity index is 2.92. The van der Waals surface area contributed by atoms with E-state index in [0.29, 0.717) is 43.5 Å². The molecule has 0 bridgehead atoms. The summed E-state index contributed by atoms with van der Waals surface area (Å²) < 4.78 is 0. The number of benzene rings is 1. The lowest BCUT2D eigenvalue weighted by Crippen LogP contribution is -2.31. The quantitative estimate of drug-likeness (QED) is 0.587. The van der Waals surface area contributed by atoms with Crippen molar-refractivity contribution in [3.63, 3.8) is 0 Å². The molecule has 20 heavy (non-hydrogen) atoms. The number of carbonyl (C=O) groups is 2. The molecule has 110 valence electrons. The fraction of sp³-hybridized carbons (Fsp3) is 0.500. The molecule has 1 rings (SSSR count). The van der Waals surface area contributed by atoms with Gasteiger partial charge >= 0.3 is 0 Å². The van der Waals surface area contributed by atoms with Crippen molar-refractivity contribution in [1.82, 2.24) is 4.90 Å². The van der Waals surface area contributed by atoms with Gasteiger partial charge in [-0.1, -0.05) is 18.2 Å². The summed E-state index contributed by atoms with van der Waals surface area (Å²) in [6.45, 7) is 5.19. The number of amides is 1. The van der Waals surface area contributed by atoms with Gasteiger partial charge in [-0.25, -0.2) is 0 Å². The van der Waals surface area contributed by atoms with Crippen LogP contribution in [0.5, 0.6) is 0 Å². The highest BCUT2D eigenvalue weighted by Crippen LogP contribution is 2.15. The fourth-order valence-electron chi connectivity index (χ4n) is 2.13. The van der Waals surface area contributed by atoms with E-state index in [4.69, 9.17) is 5.11 Å². The molecule has 0 fully saturated rings. The number of ketones is 1. The van der Waals surface area contributed by atoms with E-state index in [1.165, 1.54) is 0 Å². The zero-order valence-corrected chi connectivity index (χ0v) is 12.3. The number of Topliss-reactive ketones (excluding diaryl/α,β-unsaturated/α-hetero) is 1. The number of unbranched alkanes of at least 4 members (excludes halogenated alkanes) is 1. The molecule has 0 aliphatic heterocycles. The van der Waals surface area contributed by atoms with E-state index in [9.17, 15) is 9.59 Å². The number of rotatable bonds is 8. The van der Waals surface area contributed by atoms with Crippen molar-refractivity contribution in [1.29, 1.82) is 0 Å². The van der Waals surface area contributed by atoms with Crippen molar-refractivity contribution in [2.45, 2.75) is 33.1 Å². The fourth-order valence-corrected chi connectivity index (χ4v) is 2.13. The third-order valence-electron chi connectivity index (χ3n) is 3.32. The predicted molar refractivity (Wildman–Crippen MR) is 79.0 cm³/mol. The van der Waals surface area contributed by atoms with Crippen LogP contribution in [0.3, 0.4) is 0 Å². The van der Waals surface area contributed by atoms with Gasteiger partial charge < -0.3 is 10.0 Å².